The highest BCUT2D eigenvalue weighted by Gasteiger charge is 2.28. The highest BCUT2D eigenvalue weighted by atomic mass is 14.3. The van der Waals surface area contributed by atoms with Crippen LogP contribution in [0.25, 0.3) is 0 Å². The molecule has 0 aliphatic heterocycles. The van der Waals surface area contributed by atoms with Crippen molar-refractivity contribution in [3.05, 3.63) is 35.5 Å². The Morgan fingerprint density at radius 3 is 2.12 bits per heavy atom. The third-order valence-electron chi connectivity index (χ3n) is 4.31. The maximum atomic E-state index is 3.81. The van der Waals surface area contributed by atoms with Crippen molar-refractivity contribution < 1.29 is 0 Å². The van der Waals surface area contributed by atoms with Crippen molar-refractivity contribution in [3.63, 3.8) is 0 Å². The van der Waals surface area contributed by atoms with E-state index in [1.165, 1.54) is 16.7 Å². The van der Waals surface area contributed by atoms with Gasteiger partial charge in [-0.25, -0.2) is 0 Å². The van der Waals surface area contributed by atoms with Crippen LogP contribution in [-0.4, -0.2) is 0 Å². The molecule has 0 nitrogen and oxygen atoms in total. The average molecular weight is 220 g/mol. The Morgan fingerprint density at radius 2 is 1.75 bits per heavy atom. The molecule has 0 heterocycles. The summed E-state index contributed by atoms with van der Waals surface area (Å²) < 4.78 is 0. The molecule has 0 aliphatic carbocycles. The first-order chi connectivity index (χ1) is 7.28. The van der Waals surface area contributed by atoms with Crippen molar-refractivity contribution in [2.75, 3.05) is 0 Å². The summed E-state index contributed by atoms with van der Waals surface area (Å²) >= 11 is 0. The molecule has 0 fully saturated rings. The van der Waals surface area contributed by atoms with Gasteiger partial charge < -0.3 is 0 Å². The van der Waals surface area contributed by atoms with E-state index in [2.05, 4.69) is 61.1 Å². The molecule has 1 unspecified atom stereocenters. The third kappa shape index (κ3) is 3.37. The molecule has 0 saturated heterocycles. The first kappa shape index (κ1) is 15.2. The Morgan fingerprint density at radius 1 is 1.25 bits per heavy atom. The minimum absolute atomic E-state index is 0.237. The summed E-state index contributed by atoms with van der Waals surface area (Å²) in [6.45, 7) is 19.6. The lowest BCUT2D eigenvalue weighted by atomic mass is 9.70. The van der Waals surface area contributed by atoms with Gasteiger partial charge in [0.15, 0.2) is 0 Å². The molecule has 0 aromatic rings. The predicted octanol–water partition coefficient (Wildman–Crippen LogP) is 5.53. The molecule has 0 rings (SSSR count). The van der Waals surface area contributed by atoms with Crippen LogP contribution in [0.15, 0.2) is 35.5 Å². The fraction of sp³-hybridized carbons (Fsp3) is 0.625. The van der Waals surface area contributed by atoms with Crippen LogP contribution < -0.4 is 0 Å². The molecule has 0 N–H and O–H groups in total. The first-order valence-electron chi connectivity index (χ1n) is 6.19. The molecule has 0 heteroatoms. The smallest absolute Gasteiger partial charge is 0.00848 e. The Balaban J connectivity index is 5.13. The van der Waals surface area contributed by atoms with Crippen LogP contribution in [0.3, 0.4) is 0 Å². The number of rotatable bonds is 5. The second-order valence-electron chi connectivity index (χ2n) is 5.37. The lowest BCUT2D eigenvalue weighted by Gasteiger charge is -2.35. The van der Waals surface area contributed by atoms with Crippen molar-refractivity contribution in [2.24, 2.45) is 11.3 Å². The van der Waals surface area contributed by atoms with E-state index in [-0.39, 0.29) is 5.41 Å². The lowest BCUT2D eigenvalue weighted by molar-refractivity contribution is 0.325. The minimum Gasteiger partial charge on any atom is -0.103 e. The maximum Gasteiger partial charge on any atom is -0.00848 e. The Hall–Kier alpha value is -0.780. The lowest BCUT2D eigenvalue weighted by Crippen LogP contribution is -2.24. The van der Waals surface area contributed by atoms with Crippen molar-refractivity contribution in [3.8, 4) is 0 Å². The quantitative estimate of drug-likeness (QED) is 0.535. The molecule has 0 amide bonds. The van der Waals surface area contributed by atoms with Gasteiger partial charge in [-0.1, -0.05) is 49.6 Å². The SMILES string of the molecule is C=CCC(C)=C(C)C(C)C(C)(C)C(C)=CC. The van der Waals surface area contributed by atoms with Crippen LogP contribution in [0.5, 0.6) is 0 Å². The van der Waals surface area contributed by atoms with Gasteiger partial charge in [0.25, 0.3) is 0 Å². The molecule has 0 bridgehead atoms. The van der Waals surface area contributed by atoms with Crippen molar-refractivity contribution in [1.82, 2.24) is 0 Å². The van der Waals surface area contributed by atoms with E-state index >= 15 is 0 Å². The fourth-order valence-electron chi connectivity index (χ4n) is 2.00. The zero-order chi connectivity index (χ0) is 12.9. The first-order valence-corrected chi connectivity index (χ1v) is 6.19. The highest BCUT2D eigenvalue weighted by Crippen LogP contribution is 2.39. The Bertz CT molecular complexity index is 300. The minimum atomic E-state index is 0.237. The van der Waals surface area contributed by atoms with Crippen LogP contribution in [0.2, 0.25) is 0 Å². The van der Waals surface area contributed by atoms with Crippen LogP contribution in [0.4, 0.5) is 0 Å². The summed E-state index contributed by atoms with van der Waals surface area (Å²) in [5.74, 6) is 0.573. The predicted molar refractivity (Wildman–Crippen MR) is 75.6 cm³/mol. The molecule has 0 aliphatic rings. The molecule has 16 heavy (non-hydrogen) atoms. The molecule has 0 radical (unpaired) electrons. The van der Waals surface area contributed by atoms with E-state index in [0.717, 1.165) is 6.42 Å². The Labute approximate surface area is 102 Å². The molecular formula is C16H28. The third-order valence-corrected chi connectivity index (χ3v) is 4.31. The standard InChI is InChI=1S/C16H28/c1-9-11-12(3)14(5)15(6)16(7,8)13(4)10-2/h9-10,15H,1,11H2,2-8H3. The van der Waals surface area contributed by atoms with Crippen molar-refractivity contribution >= 4 is 0 Å². The van der Waals surface area contributed by atoms with E-state index in [9.17, 15) is 0 Å². The zero-order valence-electron chi connectivity index (χ0n) is 12.1. The van der Waals surface area contributed by atoms with Crippen molar-refractivity contribution in [2.45, 2.75) is 54.9 Å². The van der Waals surface area contributed by atoms with E-state index < -0.39 is 0 Å². The molecule has 0 spiro atoms. The maximum absolute atomic E-state index is 3.81. The van der Waals surface area contributed by atoms with E-state index in [0.29, 0.717) is 5.92 Å². The molecule has 0 aromatic carbocycles. The van der Waals surface area contributed by atoms with E-state index in [1.54, 1.807) is 0 Å². The number of hydrogen-bond acceptors (Lipinski definition) is 0. The average Bonchev–Trinajstić information content (AvgIpc) is 2.25. The van der Waals surface area contributed by atoms with E-state index in [4.69, 9.17) is 0 Å². The van der Waals surface area contributed by atoms with Gasteiger partial charge in [-0.15, -0.1) is 6.58 Å². The fourth-order valence-corrected chi connectivity index (χ4v) is 2.00. The summed E-state index contributed by atoms with van der Waals surface area (Å²) in [5, 5.41) is 0. The second-order valence-corrected chi connectivity index (χ2v) is 5.37. The number of hydrogen-bond donors (Lipinski definition) is 0. The molecular weight excluding hydrogens is 192 g/mol. The topological polar surface area (TPSA) is 0 Å². The molecule has 0 aromatic heterocycles. The normalized spacial score (nSPS) is 16.8. The molecule has 92 valence electrons. The van der Waals surface area contributed by atoms with Gasteiger partial charge in [0, 0.05) is 0 Å². The number of allylic oxidation sites excluding steroid dienone is 5. The summed E-state index contributed by atoms with van der Waals surface area (Å²) in [6, 6.07) is 0. The van der Waals surface area contributed by atoms with E-state index in [1.807, 2.05) is 6.08 Å². The highest BCUT2D eigenvalue weighted by molar-refractivity contribution is 5.22. The van der Waals surface area contributed by atoms with Crippen LogP contribution >= 0.6 is 0 Å². The second kappa shape index (κ2) is 6.08. The van der Waals surface area contributed by atoms with Gasteiger partial charge >= 0.3 is 0 Å². The van der Waals surface area contributed by atoms with Crippen LogP contribution in [0, 0.1) is 11.3 Å². The van der Waals surface area contributed by atoms with Gasteiger partial charge in [-0.05, 0) is 45.4 Å². The summed E-state index contributed by atoms with van der Waals surface area (Å²) in [7, 11) is 0. The molecule has 0 saturated carbocycles. The van der Waals surface area contributed by atoms with Crippen LogP contribution in [0.1, 0.15) is 54.9 Å². The largest absolute Gasteiger partial charge is 0.103 e. The van der Waals surface area contributed by atoms with Gasteiger partial charge in [-0.2, -0.15) is 0 Å². The van der Waals surface area contributed by atoms with Gasteiger partial charge in [-0.3, -0.25) is 0 Å². The van der Waals surface area contributed by atoms with Crippen LogP contribution in [-0.2, 0) is 0 Å². The van der Waals surface area contributed by atoms with Gasteiger partial charge in [0.2, 0.25) is 0 Å². The Kier molecular flexibility index (Phi) is 5.78. The van der Waals surface area contributed by atoms with Crippen molar-refractivity contribution in [1.29, 1.82) is 0 Å². The van der Waals surface area contributed by atoms with Gasteiger partial charge in [0.05, 0.1) is 0 Å². The zero-order valence-corrected chi connectivity index (χ0v) is 12.1. The molecule has 1 atom stereocenters. The summed E-state index contributed by atoms with van der Waals surface area (Å²) in [4.78, 5) is 0. The monoisotopic (exact) mass is 220 g/mol. The summed E-state index contributed by atoms with van der Waals surface area (Å²) in [5.41, 5.74) is 4.66. The van der Waals surface area contributed by atoms with Gasteiger partial charge in [0.1, 0.15) is 0 Å². The summed E-state index contributed by atoms with van der Waals surface area (Å²) in [6.07, 6.45) is 5.22.